The van der Waals surface area contributed by atoms with Crippen LogP contribution in [0.5, 0.6) is 0 Å². The highest BCUT2D eigenvalue weighted by Crippen LogP contribution is 2.29. The van der Waals surface area contributed by atoms with Crippen LogP contribution in [0.25, 0.3) is 0 Å². The lowest BCUT2D eigenvalue weighted by Gasteiger charge is -2.33. The first kappa shape index (κ1) is 13.7. The maximum Gasteiger partial charge on any atom is 0.104 e. The maximum atomic E-state index is 10.7. The average molecular weight is 286 g/mol. The largest absolute Gasteiger partial charge is 0.384 e. The van der Waals surface area contributed by atoms with Crippen LogP contribution in [-0.4, -0.2) is 18.2 Å². The lowest BCUT2D eigenvalue weighted by atomic mass is 9.83. The molecule has 2 nitrogen and oxygen atoms in total. The quantitative estimate of drug-likeness (QED) is 0.872. The highest BCUT2D eigenvalue weighted by atomic mass is 79.9. The van der Waals surface area contributed by atoms with Crippen molar-refractivity contribution in [2.24, 2.45) is 5.92 Å². The van der Waals surface area contributed by atoms with Crippen molar-refractivity contribution in [2.45, 2.75) is 26.4 Å². The SMILES string of the molecule is CCNCC(O)(c1ccc(Br)cc1)C(C)C. The molecule has 90 valence electrons. The Morgan fingerprint density at radius 1 is 1.31 bits per heavy atom. The van der Waals surface area contributed by atoms with E-state index in [0.29, 0.717) is 6.54 Å². The van der Waals surface area contributed by atoms with Gasteiger partial charge in [-0.1, -0.05) is 48.8 Å². The highest BCUT2D eigenvalue weighted by molar-refractivity contribution is 9.10. The van der Waals surface area contributed by atoms with E-state index >= 15 is 0 Å². The van der Waals surface area contributed by atoms with Gasteiger partial charge in [0.25, 0.3) is 0 Å². The van der Waals surface area contributed by atoms with Crippen LogP contribution in [0.1, 0.15) is 26.3 Å². The van der Waals surface area contributed by atoms with E-state index in [0.717, 1.165) is 16.6 Å². The van der Waals surface area contributed by atoms with E-state index in [1.54, 1.807) is 0 Å². The molecule has 16 heavy (non-hydrogen) atoms. The molecule has 0 amide bonds. The Labute approximate surface area is 106 Å². The number of likely N-dealkylation sites (N-methyl/N-ethyl adjacent to an activating group) is 1. The van der Waals surface area contributed by atoms with Gasteiger partial charge in [-0.2, -0.15) is 0 Å². The fourth-order valence-electron chi connectivity index (χ4n) is 1.69. The smallest absolute Gasteiger partial charge is 0.104 e. The third-order valence-electron chi connectivity index (χ3n) is 2.94. The van der Waals surface area contributed by atoms with Gasteiger partial charge in [0, 0.05) is 11.0 Å². The molecule has 0 saturated carbocycles. The van der Waals surface area contributed by atoms with Gasteiger partial charge in [0.2, 0.25) is 0 Å². The molecule has 0 spiro atoms. The minimum Gasteiger partial charge on any atom is -0.384 e. The molecular weight excluding hydrogens is 266 g/mol. The van der Waals surface area contributed by atoms with Gasteiger partial charge in [-0.15, -0.1) is 0 Å². The van der Waals surface area contributed by atoms with Crippen molar-refractivity contribution in [2.75, 3.05) is 13.1 Å². The Kier molecular flexibility index (Phi) is 4.96. The monoisotopic (exact) mass is 285 g/mol. The van der Waals surface area contributed by atoms with Crippen molar-refractivity contribution >= 4 is 15.9 Å². The minimum absolute atomic E-state index is 0.174. The third-order valence-corrected chi connectivity index (χ3v) is 3.47. The van der Waals surface area contributed by atoms with Crippen molar-refractivity contribution in [1.29, 1.82) is 0 Å². The van der Waals surface area contributed by atoms with Gasteiger partial charge < -0.3 is 10.4 Å². The number of rotatable bonds is 5. The van der Waals surface area contributed by atoms with Gasteiger partial charge in [-0.25, -0.2) is 0 Å². The first-order valence-electron chi connectivity index (χ1n) is 5.70. The summed E-state index contributed by atoms with van der Waals surface area (Å²) in [4.78, 5) is 0. The molecule has 3 heteroatoms. The summed E-state index contributed by atoms with van der Waals surface area (Å²) in [5, 5.41) is 13.9. The van der Waals surface area contributed by atoms with Crippen LogP contribution in [0.15, 0.2) is 28.7 Å². The van der Waals surface area contributed by atoms with Gasteiger partial charge in [-0.05, 0) is 30.2 Å². The van der Waals surface area contributed by atoms with Crippen LogP contribution in [0.4, 0.5) is 0 Å². The van der Waals surface area contributed by atoms with E-state index in [-0.39, 0.29) is 5.92 Å². The van der Waals surface area contributed by atoms with Crippen LogP contribution in [-0.2, 0) is 5.60 Å². The lowest BCUT2D eigenvalue weighted by Crippen LogP contribution is -2.42. The van der Waals surface area contributed by atoms with E-state index in [1.165, 1.54) is 0 Å². The normalized spacial score (nSPS) is 15.1. The molecule has 1 atom stereocenters. The van der Waals surface area contributed by atoms with Gasteiger partial charge in [0.05, 0.1) is 0 Å². The number of hydrogen-bond donors (Lipinski definition) is 2. The molecule has 1 unspecified atom stereocenters. The van der Waals surface area contributed by atoms with Gasteiger partial charge in [0.1, 0.15) is 5.60 Å². The van der Waals surface area contributed by atoms with Crippen molar-refractivity contribution in [3.05, 3.63) is 34.3 Å². The molecule has 0 bridgehead atoms. The Balaban J connectivity index is 2.96. The molecule has 0 radical (unpaired) electrons. The highest BCUT2D eigenvalue weighted by Gasteiger charge is 2.32. The summed E-state index contributed by atoms with van der Waals surface area (Å²) in [5.74, 6) is 0.174. The Hall–Kier alpha value is -0.380. The van der Waals surface area contributed by atoms with E-state index < -0.39 is 5.60 Å². The summed E-state index contributed by atoms with van der Waals surface area (Å²) in [6.07, 6.45) is 0. The van der Waals surface area contributed by atoms with E-state index in [2.05, 4.69) is 21.2 Å². The topological polar surface area (TPSA) is 32.3 Å². The molecule has 1 aromatic rings. The number of nitrogens with one attached hydrogen (secondary N) is 1. The zero-order valence-electron chi connectivity index (χ0n) is 10.1. The van der Waals surface area contributed by atoms with E-state index in [4.69, 9.17) is 0 Å². The van der Waals surface area contributed by atoms with Gasteiger partial charge in [-0.3, -0.25) is 0 Å². The molecular formula is C13H20BrNO. The number of aliphatic hydroxyl groups is 1. The van der Waals surface area contributed by atoms with Crippen molar-refractivity contribution in [3.8, 4) is 0 Å². The average Bonchev–Trinajstić information content (AvgIpc) is 2.26. The van der Waals surface area contributed by atoms with Crippen LogP contribution in [0, 0.1) is 5.92 Å². The zero-order valence-corrected chi connectivity index (χ0v) is 11.7. The first-order chi connectivity index (χ1) is 7.50. The third kappa shape index (κ3) is 3.06. The summed E-state index contributed by atoms with van der Waals surface area (Å²) < 4.78 is 1.03. The second-order valence-electron chi connectivity index (χ2n) is 4.37. The molecule has 0 aliphatic heterocycles. The molecule has 0 saturated heterocycles. The van der Waals surface area contributed by atoms with Crippen molar-refractivity contribution in [1.82, 2.24) is 5.32 Å². The second kappa shape index (κ2) is 5.80. The first-order valence-corrected chi connectivity index (χ1v) is 6.49. The molecule has 0 fully saturated rings. The van der Waals surface area contributed by atoms with Crippen LogP contribution in [0.2, 0.25) is 0 Å². The van der Waals surface area contributed by atoms with Crippen LogP contribution < -0.4 is 5.32 Å². The second-order valence-corrected chi connectivity index (χ2v) is 5.28. The van der Waals surface area contributed by atoms with Crippen molar-refractivity contribution < 1.29 is 5.11 Å². The molecule has 0 aliphatic carbocycles. The number of halogens is 1. The van der Waals surface area contributed by atoms with E-state index in [9.17, 15) is 5.11 Å². The molecule has 0 aliphatic rings. The molecule has 0 heterocycles. The molecule has 2 N–H and O–H groups in total. The maximum absolute atomic E-state index is 10.7. The minimum atomic E-state index is -0.795. The fourth-order valence-corrected chi connectivity index (χ4v) is 1.96. The number of benzene rings is 1. The molecule has 1 aromatic carbocycles. The Bertz CT molecular complexity index is 323. The summed E-state index contributed by atoms with van der Waals surface area (Å²) in [7, 11) is 0. The van der Waals surface area contributed by atoms with Gasteiger partial charge in [0.15, 0.2) is 0 Å². The lowest BCUT2D eigenvalue weighted by molar-refractivity contribution is -0.00876. The Morgan fingerprint density at radius 2 is 1.88 bits per heavy atom. The molecule has 1 rings (SSSR count). The fraction of sp³-hybridized carbons (Fsp3) is 0.538. The number of hydrogen-bond acceptors (Lipinski definition) is 2. The Morgan fingerprint density at radius 3 is 2.31 bits per heavy atom. The zero-order chi connectivity index (χ0) is 12.2. The predicted molar refractivity (Wildman–Crippen MR) is 71.4 cm³/mol. The predicted octanol–water partition coefficient (Wildman–Crippen LogP) is 2.90. The van der Waals surface area contributed by atoms with Crippen LogP contribution >= 0.6 is 15.9 Å². The summed E-state index contributed by atoms with van der Waals surface area (Å²) in [6, 6.07) is 7.88. The summed E-state index contributed by atoms with van der Waals surface area (Å²) in [6.45, 7) is 7.58. The van der Waals surface area contributed by atoms with Gasteiger partial charge >= 0.3 is 0 Å². The summed E-state index contributed by atoms with van der Waals surface area (Å²) >= 11 is 3.40. The molecule has 0 aromatic heterocycles. The van der Waals surface area contributed by atoms with Crippen LogP contribution in [0.3, 0.4) is 0 Å². The van der Waals surface area contributed by atoms with Crippen molar-refractivity contribution in [3.63, 3.8) is 0 Å². The summed E-state index contributed by atoms with van der Waals surface area (Å²) in [5.41, 5.74) is 0.170. The standard InChI is InChI=1S/C13H20BrNO/c1-4-15-9-13(16,10(2)3)11-5-7-12(14)8-6-11/h5-8,10,15-16H,4,9H2,1-3H3. The van der Waals surface area contributed by atoms with E-state index in [1.807, 2.05) is 45.0 Å².